The molecule has 1 fully saturated rings. The Kier molecular flexibility index (Phi) is 10.7. The van der Waals surface area contributed by atoms with Gasteiger partial charge in [-0.05, 0) is 42.8 Å². The highest BCUT2D eigenvalue weighted by molar-refractivity contribution is 7.90. The zero-order valence-corrected chi connectivity index (χ0v) is 24.8. The standard InChI is InChI=1S/C31H42N4O5S/c1-3-4-5-6-7-8-9-10-14-28(36)27-20-19-26-29(31(38)34(30(26)37)22-24-13-11-12-21-32-24)35(27)33-23-15-17-25(18-16-23)41(2,39)40/h11-13,15-21,26-29,33,36H,3-10,14,22H2,1-2H3/t26?,27?,28-,29?/m1/s1. The lowest BCUT2D eigenvalue weighted by Crippen LogP contribution is -2.57. The van der Waals surface area contributed by atoms with Crippen molar-refractivity contribution >= 4 is 27.3 Å². The Hall–Kier alpha value is -3.08. The van der Waals surface area contributed by atoms with Crippen LogP contribution in [-0.2, 0) is 26.0 Å². The van der Waals surface area contributed by atoms with E-state index in [9.17, 15) is 23.1 Å². The summed E-state index contributed by atoms with van der Waals surface area (Å²) in [5, 5.41) is 13.0. The Morgan fingerprint density at radius 2 is 1.61 bits per heavy atom. The summed E-state index contributed by atoms with van der Waals surface area (Å²) >= 11 is 0. The summed E-state index contributed by atoms with van der Waals surface area (Å²) in [7, 11) is -3.37. The van der Waals surface area contributed by atoms with Gasteiger partial charge in [0.15, 0.2) is 9.84 Å². The predicted molar refractivity (Wildman–Crippen MR) is 158 cm³/mol. The molecule has 3 heterocycles. The SMILES string of the molecule is CCCCCCCCCC[C@@H](O)C1C=CC2C(=O)N(Cc3ccccn3)C(=O)C2N1Nc1ccc(S(C)(=O)=O)cc1. The molecule has 0 saturated carbocycles. The van der Waals surface area contributed by atoms with E-state index >= 15 is 0 Å². The van der Waals surface area contributed by atoms with E-state index in [0.717, 1.165) is 25.5 Å². The third kappa shape index (κ3) is 7.81. The van der Waals surface area contributed by atoms with Gasteiger partial charge in [-0.15, -0.1) is 0 Å². The third-order valence-electron chi connectivity index (χ3n) is 7.88. The molecule has 1 aromatic heterocycles. The molecule has 0 bridgehead atoms. The molecule has 1 saturated heterocycles. The van der Waals surface area contributed by atoms with Crippen LogP contribution in [0.1, 0.15) is 70.4 Å². The number of likely N-dealkylation sites (tertiary alicyclic amines) is 1. The van der Waals surface area contributed by atoms with E-state index in [-0.39, 0.29) is 23.3 Å². The molecule has 2 amide bonds. The number of hydrogen-bond acceptors (Lipinski definition) is 8. The number of fused-ring (bicyclic) bond motifs is 1. The molecule has 2 aliphatic heterocycles. The van der Waals surface area contributed by atoms with Crippen LogP contribution in [0.3, 0.4) is 0 Å². The molecule has 2 N–H and O–H groups in total. The Morgan fingerprint density at radius 1 is 0.927 bits per heavy atom. The van der Waals surface area contributed by atoms with Gasteiger partial charge in [0.1, 0.15) is 6.04 Å². The van der Waals surface area contributed by atoms with Crippen LogP contribution in [0.5, 0.6) is 0 Å². The van der Waals surface area contributed by atoms with E-state index < -0.39 is 33.9 Å². The maximum atomic E-state index is 13.7. The van der Waals surface area contributed by atoms with Gasteiger partial charge in [-0.25, -0.2) is 13.4 Å². The fraction of sp³-hybridized carbons (Fsp3) is 0.516. The van der Waals surface area contributed by atoms with E-state index in [4.69, 9.17) is 0 Å². The lowest BCUT2D eigenvalue weighted by Gasteiger charge is -2.40. The minimum absolute atomic E-state index is 0.0712. The number of hydrazine groups is 1. The second-order valence-corrected chi connectivity index (χ2v) is 13.1. The fourth-order valence-electron chi connectivity index (χ4n) is 5.58. The molecule has 222 valence electrons. The number of carbonyl (C=O) groups excluding carboxylic acids is 2. The highest BCUT2D eigenvalue weighted by Crippen LogP contribution is 2.34. The zero-order valence-electron chi connectivity index (χ0n) is 24.0. The first-order valence-electron chi connectivity index (χ1n) is 14.7. The molecule has 41 heavy (non-hydrogen) atoms. The molecule has 9 nitrogen and oxygen atoms in total. The van der Waals surface area contributed by atoms with Gasteiger partial charge in [0, 0.05) is 18.1 Å². The van der Waals surface area contributed by atoms with E-state index in [1.165, 1.54) is 49.1 Å². The van der Waals surface area contributed by atoms with Crippen molar-refractivity contribution in [1.82, 2.24) is 14.9 Å². The third-order valence-corrected chi connectivity index (χ3v) is 9.01. The van der Waals surface area contributed by atoms with E-state index in [1.54, 1.807) is 41.5 Å². The van der Waals surface area contributed by atoms with Crippen molar-refractivity contribution in [3.63, 3.8) is 0 Å². The number of nitrogens with one attached hydrogen (secondary N) is 1. The number of nitrogens with zero attached hydrogens (tertiary/aromatic N) is 3. The van der Waals surface area contributed by atoms with Gasteiger partial charge in [-0.2, -0.15) is 0 Å². The number of unbranched alkanes of at least 4 members (excludes halogenated alkanes) is 7. The summed E-state index contributed by atoms with van der Waals surface area (Å²) in [6.45, 7) is 2.28. The highest BCUT2D eigenvalue weighted by atomic mass is 32.2. The first-order chi connectivity index (χ1) is 19.7. The minimum Gasteiger partial charge on any atom is -0.391 e. The maximum absolute atomic E-state index is 13.7. The second-order valence-electron chi connectivity index (χ2n) is 11.1. The normalized spacial score (nSPS) is 21.7. The minimum atomic E-state index is -3.37. The number of benzene rings is 1. The van der Waals surface area contributed by atoms with Gasteiger partial charge in [0.2, 0.25) is 11.8 Å². The molecule has 3 unspecified atom stereocenters. The Balaban J connectivity index is 1.50. The molecular weight excluding hydrogens is 540 g/mol. The largest absolute Gasteiger partial charge is 0.391 e. The van der Waals surface area contributed by atoms with Crippen molar-refractivity contribution in [3.8, 4) is 0 Å². The van der Waals surface area contributed by atoms with Crippen molar-refractivity contribution < 1.29 is 23.1 Å². The average Bonchev–Trinajstić information content (AvgIpc) is 3.20. The van der Waals surface area contributed by atoms with Crippen LogP contribution in [0.4, 0.5) is 5.69 Å². The molecule has 1 aromatic carbocycles. The van der Waals surface area contributed by atoms with Crippen LogP contribution < -0.4 is 5.43 Å². The molecule has 0 aliphatic carbocycles. The zero-order chi connectivity index (χ0) is 29.4. The first kappa shape index (κ1) is 30.9. The number of aliphatic hydroxyl groups is 1. The van der Waals surface area contributed by atoms with Gasteiger partial charge in [-0.1, -0.05) is 76.5 Å². The van der Waals surface area contributed by atoms with E-state index in [2.05, 4.69) is 17.3 Å². The van der Waals surface area contributed by atoms with E-state index in [0.29, 0.717) is 17.8 Å². The lowest BCUT2D eigenvalue weighted by molar-refractivity contribution is -0.140. The lowest BCUT2D eigenvalue weighted by atomic mass is 9.91. The van der Waals surface area contributed by atoms with Crippen LogP contribution in [-0.4, -0.2) is 64.7 Å². The van der Waals surface area contributed by atoms with Crippen molar-refractivity contribution in [2.75, 3.05) is 11.7 Å². The molecule has 2 aliphatic rings. The molecule has 0 spiro atoms. The van der Waals surface area contributed by atoms with E-state index in [1.807, 2.05) is 12.1 Å². The molecule has 4 atom stereocenters. The smallest absolute Gasteiger partial charge is 0.249 e. The number of carbonyl (C=O) groups is 2. The molecular formula is C31H42N4O5S. The number of amides is 2. The number of aliphatic hydroxyl groups excluding tert-OH is 1. The fourth-order valence-corrected chi connectivity index (χ4v) is 6.21. The van der Waals surface area contributed by atoms with Gasteiger partial charge >= 0.3 is 0 Å². The summed E-state index contributed by atoms with van der Waals surface area (Å²) in [4.78, 5) is 32.8. The van der Waals surface area contributed by atoms with Crippen LogP contribution in [0, 0.1) is 5.92 Å². The van der Waals surface area contributed by atoms with Gasteiger partial charge in [0.05, 0.1) is 35.2 Å². The van der Waals surface area contributed by atoms with Gasteiger partial charge in [-0.3, -0.25) is 19.5 Å². The van der Waals surface area contributed by atoms with Gasteiger partial charge < -0.3 is 10.5 Å². The molecule has 2 aromatic rings. The monoisotopic (exact) mass is 582 g/mol. The van der Waals surface area contributed by atoms with Gasteiger partial charge in [0.25, 0.3) is 0 Å². The Morgan fingerprint density at radius 3 is 2.24 bits per heavy atom. The number of imide groups is 1. The predicted octanol–water partition coefficient (Wildman–Crippen LogP) is 4.50. The second kappa shape index (κ2) is 14.2. The number of pyridine rings is 1. The summed E-state index contributed by atoms with van der Waals surface area (Å²) in [5.41, 5.74) is 4.40. The number of anilines is 1. The summed E-state index contributed by atoms with van der Waals surface area (Å²) in [6.07, 6.45) is 15.4. The van der Waals surface area contributed by atoms with Crippen LogP contribution in [0.15, 0.2) is 65.7 Å². The average molecular weight is 583 g/mol. The topological polar surface area (TPSA) is 120 Å². The number of aromatic nitrogens is 1. The molecule has 0 radical (unpaired) electrons. The Bertz CT molecular complexity index is 1300. The number of hydrogen-bond donors (Lipinski definition) is 2. The van der Waals surface area contributed by atoms with Crippen LogP contribution >= 0.6 is 0 Å². The summed E-state index contributed by atoms with van der Waals surface area (Å²) < 4.78 is 23.9. The Labute approximate surface area is 243 Å². The van der Waals surface area contributed by atoms with Crippen molar-refractivity contribution in [1.29, 1.82) is 0 Å². The summed E-state index contributed by atoms with van der Waals surface area (Å²) in [6, 6.07) is 10.2. The molecule has 10 heteroatoms. The van der Waals surface area contributed by atoms with Crippen molar-refractivity contribution in [3.05, 3.63) is 66.5 Å². The number of sulfone groups is 1. The maximum Gasteiger partial charge on any atom is 0.249 e. The molecule has 4 rings (SSSR count). The summed E-state index contributed by atoms with van der Waals surface area (Å²) in [5.74, 6) is -1.38. The number of rotatable bonds is 15. The van der Waals surface area contributed by atoms with Crippen LogP contribution in [0.25, 0.3) is 0 Å². The van der Waals surface area contributed by atoms with Crippen molar-refractivity contribution in [2.45, 2.75) is 94.3 Å². The van der Waals surface area contributed by atoms with Crippen LogP contribution in [0.2, 0.25) is 0 Å². The highest BCUT2D eigenvalue weighted by Gasteiger charge is 2.53. The quantitative estimate of drug-likeness (QED) is 0.179. The first-order valence-corrected chi connectivity index (χ1v) is 16.6. The van der Waals surface area contributed by atoms with Crippen molar-refractivity contribution in [2.24, 2.45) is 5.92 Å².